The Morgan fingerprint density at radius 2 is 0.673 bits per heavy atom. The minimum atomic E-state index is -7.80. The average Bonchev–Trinajstić information content (AvgIpc) is 3.01. The number of hydrogen-bond donors (Lipinski definition) is 0. The van der Waals surface area contributed by atoms with Crippen LogP contribution in [0.4, 0.5) is 96.6 Å². The first-order valence-electron chi connectivity index (χ1n) is 14.1. The number of rotatable bonds is 16. The van der Waals surface area contributed by atoms with Crippen LogP contribution in [0.25, 0.3) is 12.2 Å². The van der Waals surface area contributed by atoms with Crippen molar-refractivity contribution in [1.29, 1.82) is 0 Å². The molecule has 0 aliphatic carbocycles. The highest BCUT2D eigenvalue weighted by Crippen LogP contribution is 2.55. The van der Waals surface area contributed by atoms with Crippen LogP contribution < -0.4 is 0 Å². The van der Waals surface area contributed by atoms with Crippen LogP contribution in [0.15, 0.2) is 61.7 Å². The van der Waals surface area contributed by atoms with Crippen LogP contribution in [0.3, 0.4) is 0 Å². The van der Waals surface area contributed by atoms with E-state index in [1.54, 1.807) is 0 Å². The lowest BCUT2D eigenvalue weighted by atomic mass is 9.96. The molecule has 0 saturated carbocycles. The van der Waals surface area contributed by atoms with Gasteiger partial charge in [-0.25, -0.2) is 0 Å². The van der Waals surface area contributed by atoms with E-state index in [1.807, 2.05) is 0 Å². The molecule has 0 bridgehead atoms. The summed E-state index contributed by atoms with van der Waals surface area (Å²) in [5.41, 5.74) is -2.07. The van der Waals surface area contributed by atoms with E-state index in [-0.39, 0.29) is 11.1 Å². The van der Waals surface area contributed by atoms with Crippen molar-refractivity contribution in [3.63, 3.8) is 0 Å². The van der Waals surface area contributed by atoms with E-state index < -0.39 is 96.7 Å². The second-order valence-corrected chi connectivity index (χ2v) is 11.1. The van der Waals surface area contributed by atoms with E-state index in [2.05, 4.69) is 27.4 Å². The van der Waals surface area contributed by atoms with Gasteiger partial charge in [0.15, 0.2) is 0 Å². The normalized spacial score (nSPS) is 17.6. The molecule has 2 rings (SSSR count). The molecule has 2 aromatic rings. The summed E-state index contributed by atoms with van der Waals surface area (Å²) in [6.07, 6.45) is -57.8. The van der Waals surface area contributed by atoms with Crippen LogP contribution >= 0.6 is 0 Å². The van der Waals surface area contributed by atoms with Crippen LogP contribution in [0, 0.1) is 0 Å². The van der Waals surface area contributed by atoms with Crippen molar-refractivity contribution in [2.24, 2.45) is 0 Å². The van der Waals surface area contributed by atoms with Crippen LogP contribution in [-0.2, 0) is 27.1 Å². The maximum Gasteiger partial charge on any atom is 0.462 e. The minimum Gasteiger partial charge on any atom is -0.362 e. The summed E-state index contributed by atoms with van der Waals surface area (Å²) < 4.78 is 315. The predicted octanol–water partition coefficient (Wildman–Crippen LogP) is 11.6. The minimum absolute atomic E-state index is 0.0157. The first-order chi connectivity index (χ1) is 24.4. The zero-order valence-corrected chi connectivity index (χ0v) is 26.3. The molecule has 0 saturated heterocycles. The first kappa shape index (κ1) is 47.4. The Morgan fingerprint density at radius 1 is 0.418 bits per heavy atom. The Hall–Kier alpha value is -3.74. The smallest absolute Gasteiger partial charge is 0.362 e. The fourth-order valence-electron chi connectivity index (χ4n) is 4.18. The van der Waals surface area contributed by atoms with Gasteiger partial charge in [-0.3, -0.25) is 9.47 Å². The van der Waals surface area contributed by atoms with E-state index >= 15 is 8.78 Å². The van der Waals surface area contributed by atoms with Crippen molar-refractivity contribution in [2.75, 3.05) is 0 Å². The summed E-state index contributed by atoms with van der Waals surface area (Å²) in [5.74, 6) is -29.6. The van der Waals surface area contributed by atoms with Crippen LogP contribution in [0.1, 0.15) is 22.3 Å². The molecule has 0 fully saturated rings. The summed E-state index contributed by atoms with van der Waals surface area (Å²) >= 11 is 0. The molecule has 0 aliphatic heterocycles. The lowest BCUT2D eigenvalue weighted by molar-refractivity contribution is -0.508. The molecule has 4 atom stereocenters. The third-order valence-electron chi connectivity index (χ3n) is 7.20. The second-order valence-electron chi connectivity index (χ2n) is 11.1. The molecule has 2 aromatic carbocycles. The highest BCUT2D eigenvalue weighted by molar-refractivity contribution is 5.48. The maximum atomic E-state index is 16.0. The molecule has 55 heavy (non-hydrogen) atoms. The van der Waals surface area contributed by atoms with Crippen molar-refractivity contribution < 1.29 is 111 Å². The fourth-order valence-corrected chi connectivity index (χ4v) is 4.18. The van der Waals surface area contributed by atoms with Gasteiger partial charge in [0.1, 0.15) is 12.2 Å². The summed E-state index contributed by atoms with van der Waals surface area (Å²) in [6.45, 7) is 6.45. The van der Waals surface area contributed by atoms with Gasteiger partial charge in [0.05, 0.1) is 0 Å². The van der Waals surface area contributed by atoms with Gasteiger partial charge in [0, 0.05) is 12.8 Å². The summed E-state index contributed by atoms with van der Waals surface area (Å²) in [5, 5.41) is 0. The van der Waals surface area contributed by atoms with Crippen molar-refractivity contribution >= 4 is 12.2 Å². The Morgan fingerprint density at radius 3 is 0.873 bits per heavy atom. The topological polar surface area (TPSA) is 27.7 Å². The van der Waals surface area contributed by atoms with Crippen LogP contribution in [0.2, 0.25) is 0 Å². The largest absolute Gasteiger partial charge is 0.462 e. The molecule has 0 radical (unpaired) electrons. The number of halogens is 22. The first-order valence-corrected chi connectivity index (χ1v) is 14.1. The van der Waals surface area contributed by atoms with Gasteiger partial charge >= 0.3 is 60.5 Å². The molecule has 0 N–H and O–H groups in total. The molecular formula is C30H20F22O3. The molecular weight excluding hydrogens is 826 g/mol. The lowest BCUT2D eigenvalue weighted by Crippen LogP contribution is -2.66. The molecule has 312 valence electrons. The van der Waals surface area contributed by atoms with Crippen LogP contribution in [-0.4, -0.2) is 72.7 Å². The average molecular weight is 846 g/mol. The van der Waals surface area contributed by atoms with Gasteiger partial charge in [-0.2, -0.15) is 96.6 Å². The van der Waals surface area contributed by atoms with Gasteiger partial charge in [0.2, 0.25) is 0 Å². The number of alkyl halides is 22. The van der Waals surface area contributed by atoms with E-state index in [0.29, 0.717) is 24.3 Å². The van der Waals surface area contributed by atoms with E-state index in [1.165, 1.54) is 0 Å². The van der Waals surface area contributed by atoms with E-state index in [4.69, 9.17) is 0 Å². The van der Waals surface area contributed by atoms with Gasteiger partial charge in [-0.05, 0) is 22.3 Å². The molecule has 0 spiro atoms. The van der Waals surface area contributed by atoms with Gasteiger partial charge in [-0.1, -0.05) is 73.8 Å². The van der Waals surface area contributed by atoms with Gasteiger partial charge in [-0.15, -0.1) is 0 Å². The molecule has 0 aliphatic rings. The predicted molar refractivity (Wildman–Crippen MR) is 143 cm³/mol. The second kappa shape index (κ2) is 15.3. The molecule has 4 unspecified atom stereocenters. The summed E-state index contributed by atoms with van der Waals surface area (Å²) in [7, 11) is 0. The summed E-state index contributed by atoms with van der Waals surface area (Å²) in [4.78, 5) is 0. The Balaban J connectivity index is 3.05. The van der Waals surface area contributed by atoms with E-state index in [0.717, 1.165) is 36.4 Å². The fraction of sp³-hybridized carbons (Fsp3) is 0.467. The quantitative estimate of drug-likeness (QED) is 0.158. The monoisotopic (exact) mass is 846 g/mol. The number of ether oxygens (including phenoxy) is 3. The number of hydrogen-bond acceptors (Lipinski definition) is 3. The molecule has 0 aromatic heterocycles. The molecule has 0 heterocycles. The third kappa shape index (κ3) is 9.63. The zero-order valence-electron chi connectivity index (χ0n) is 26.3. The Labute approximate surface area is 293 Å². The molecule has 0 amide bonds. The Kier molecular flexibility index (Phi) is 13.2. The number of benzene rings is 2. The van der Waals surface area contributed by atoms with Gasteiger partial charge < -0.3 is 4.74 Å². The zero-order chi connectivity index (χ0) is 43.1. The summed E-state index contributed by atoms with van der Waals surface area (Å²) in [6, 6.07) is 5.20. The Bertz CT molecular complexity index is 1490. The van der Waals surface area contributed by atoms with Crippen LogP contribution in [0.5, 0.6) is 0 Å². The molecule has 3 nitrogen and oxygen atoms in total. The van der Waals surface area contributed by atoms with Crippen molar-refractivity contribution in [3.8, 4) is 0 Å². The SMILES string of the molecule is C=Cc1ccc(CC(OC(Cc2ccc(C=C)cc2)C(F)(OC(F)(F)C(F)(F)C(F)(F)F)C(F)(F)F)C(F)(OC(F)(F)C(F)(F)C(F)(F)F)C(F)(F)F)cc1. The van der Waals surface area contributed by atoms with Crippen molar-refractivity contribution in [2.45, 2.75) is 85.5 Å². The maximum absolute atomic E-state index is 16.0. The highest BCUT2D eigenvalue weighted by atomic mass is 19.4. The standard InChI is InChI=1S/C30H20F22O3/c1-3-15-5-9-17(10-6-15)13-19(21(31,25(37,38)39)54-29(49,50)23(33,34)27(43,44)45)53-20(14-18-11-7-16(4-2)8-12-18)22(32,26(40,41)42)55-30(51,52)24(35,36)28(46,47)48/h3-12,19-20H,1-2,13-14H2. The van der Waals surface area contributed by atoms with Crippen molar-refractivity contribution in [1.82, 2.24) is 0 Å². The lowest BCUT2D eigenvalue weighted by Gasteiger charge is -2.43. The van der Waals surface area contributed by atoms with Crippen molar-refractivity contribution in [3.05, 3.63) is 83.9 Å². The van der Waals surface area contributed by atoms with Gasteiger partial charge in [0.25, 0.3) is 0 Å². The van der Waals surface area contributed by atoms with E-state index in [9.17, 15) is 87.8 Å². The molecule has 25 heteroatoms. The third-order valence-corrected chi connectivity index (χ3v) is 7.20. The highest BCUT2D eigenvalue weighted by Gasteiger charge is 2.81.